The third kappa shape index (κ3) is 3.12. The average Bonchev–Trinajstić information content (AvgIpc) is 2.71. The van der Waals surface area contributed by atoms with Crippen LogP contribution in [0.4, 0.5) is 5.69 Å². The Hall–Kier alpha value is -2.57. The molecule has 0 radical (unpaired) electrons. The van der Waals surface area contributed by atoms with Crippen LogP contribution >= 0.6 is 0 Å². The van der Waals surface area contributed by atoms with E-state index in [0.29, 0.717) is 0 Å². The van der Waals surface area contributed by atoms with E-state index in [0.717, 1.165) is 30.5 Å². The van der Waals surface area contributed by atoms with E-state index >= 15 is 0 Å². The number of carbonyl (C=O) groups is 3. The van der Waals surface area contributed by atoms with Gasteiger partial charge < -0.3 is 19.1 Å². The highest BCUT2D eigenvalue weighted by atomic mass is 16.6. The van der Waals surface area contributed by atoms with E-state index in [1.54, 1.807) is 13.8 Å². The fourth-order valence-electron chi connectivity index (χ4n) is 5.78. The predicted molar refractivity (Wildman–Crippen MR) is 113 cm³/mol. The standard InChI is InChI=1S/C24H31NO6/c1-5-29-21(27)24(22(28)30-6-2)14-23(12-7-13-23)19-17(20(26)31-19)18(24)15-8-10-16(11-9-15)25(3)4/h8-11,17-19H,5-7,12-14H2,1-4H3/t17-,18-,19-/m0/s1. The first kappa shape index (κ1) is 21.7. The van der Waals surface area contributed by atoms with E-state index in [9.17, 15) is 14.4 Å². The Morgan fingerprint density at radius 2 is 1.65 bits per heavy atom. The minimum absolute atomic E-state index is 0.151. The molecule has 0 bridgehead atoms. The molecule has 1 aliphatic heterocycles. The number of hydrogen-bond acceptors (Lipinski definition) is 7. The van der Waals surface area contributed by atoms with Gasteiger partial charge in [0.2, 0.25) is 0 Å². The van der Waals surface area contributed by atoms with Crippen molar-refractivity contribution in [3.05, 3.63) is 29.8 Å². The largest absolute Gasteiger partial charge is 0.465 e. The second-order valence-corrected chi connectivity index (χ2v) is 9.15. The molecule has 0 N–H and O–H groups in total. The van der Waals surface area contributed by atoms with Gasteiger partial charge in [-0.1, -0.05) is 18.6 Å². The molecule has 0 aromatic heterocycles. The molecule has 3 atom stereocenters. The number of esters is 3. The van der Waals surface area contributed by atoms with Crippen molar-refractivity contribution in [1.29, 1.82) is 0 Å². The van der Waals surface area contributed by atoms with E-state index in [1.165, 1.54) is 0 Å². The van der Waals surface area contributed by atoms with E-state index in [-0.39, 0.29) is 37.1 Å². The van der Waals surface area contributed by atoms with Crippen molar-refractivity contribution >= 4 is 23.6 Å². The molecule has 168 valence electrons. The quantitative estimate of drug-likeness (QED) is 0.390. The molecule has 2 saturated carbocycles. The summed E-state index contributed by atoms with van der Waals surface area (Å²) < 4.78 is 16.6. The SMILES string of the molecule is CCOC(=O)C1(C(=O)OCC)CC2(CCC2)[C@H]2OC(=O)[C@H]2[C@@H]1c1ccc(N(C)C)cc1. The lowest BCUT2D eigenvalue weighted by molar-refractivity contribution is -0.247. The van der Waals surface area contributed by atoms with Crippen LogP contribution in [0.1, 0.15) is 51.0 Å². The summed E-state index contributed by atoms with van der Waals surface area (Å²) in [6.45, 7) is 3.75. The maximum atomic E-state index is 13.5. The monoisotopic (exact) mass is 429 g/mol. The Balaban J connectivity index is 1.88. The highest BCUT2D eigenvalue weighted by molar-refractivity contribution is 6.03. The van der Waals surface area contributed by atoms with Gasteiger partial charge in [-0.25, -0.2) is 0 Å². The highest BCUT2D eigenvalue weighted by Crippen LogP contribution is 2.67. The third-order valence-corrected chi connectivity index (χ3v) is 7.36. The predicted octanol–water partition coefficient (Wildman–Crippen LogP) is 3.06. The molecule has 7 heteroatoms. The van der Waals surface area contributed by atoms with Gasteiger partial charge in [-0.3, -0.25) is 14.4 Å². The van der Waals surface area contributed by atoms with Crippen molar-refractivity contribution in [3.8, 4) is 0 Å². The molecule has 3 aliphatic rings. The Bertz CT molecular complexity index is 855. The molecule has 4 rings (SSSR count). The van der Waals surface area contributed by atoms with Gasteiger partial charge in [0.15, 0.2) is 5.41 Å². The van der Waals surface area contributed by atoms with Crippen molar-refractivity contribution in [2.45, 2.75) is 51.6 Å². The summed E-state index contributed by atoms with van der Waals surface area (Å²) in [6, 6.07) is 7.66. The molecule has 1 saturated heterocycles. The van der Waals surface area contributed by atoms with Crippen LogP contribution in [0.25, 0.3) is 0 Å². The normalized spacial score (nSPS) is 27.2. The Kier molecular flexibility index (Phi) is 5.48. The van der Waals surface area contributed by atoms with E-state index < -0.39 is 29.2 Å². The molecule has 0 amide bonds. The van der Waals surface area contributed by atoms with Crippen molar-refractivity contribution in [1.82, 2.24) is 0 Å². The van der Waals surface area contributed by atoms with Gasteiger partial charge >= 0.3 is 17.9 Å². The molecular formula is C24H31NO6. The van der Waals surface area contributed by atoms with Gasteiger partial charge in [-0.05, 0) is 50.8 Å². The zero-order chi connectivity index (χ0) is 22.4. The van der Waals surface area contributed by atoms with Gasteiger partial charge in [0.25, 0.3) is 0 Å². The smallest absolute Gasteiger partial charge is 0.324 e. The van der Waals surface area contributed by atoms with E-state index in [4.69, 9.17) is 14.2 Å². The Labute approximate surface area is 183 Å². The minimum atomic E-state index is -1.56. The van der Waals surface area contributed by atoms with Gasteiger partial charge in [0, 0.05) is 31.1 Å². The number of nitrogens with zero attached hydrogens (tertiary/aromatic N) is 1. The molecule has 31 heavy (non-hydrogen) atoms. The second kappa shape index (κ2) is 7.84. The molecule has 1 spiro atoms. The fraction of sp³-hybridized carbons (Fsp3) is 0.625. The van der Waals surface area contributed by atoms with E-state index in [1.807, 2.05) is 43.3 Å². The summed E-state index contributed by atoms with van der Waals surface area (Å²) in [5.74, 6) is -2.79. The molecule has 3 fully saturated rings. The molecule has 2 aliphatic carbocycles. The number of rotatable bonds is 6. The number of fused-ring (bicyclic) bond motifs is 2. The van der Waals surface area contributed by atoms with Crippen molar-refractivity contribution in [2.75, 3.05) is 32.2 Å². The first-order valence-corrected chi connectivity index (χ1v) is 11.1. The van der Waals surface area contributed by atoms with Crippen molar-refractivity contribution in [3.63, 3.8) is 0 Å². The van der Waals surface area contributed by atoms with Crippen LogP contribution in [0, 0.1) is 16.7 Å². The number of ether oxygens (including phenoxy) is 3. The van der Waals surface area contributed by atoms with Crippen LogP contribution < -0.4 is 4.90 Å². The average molecular weight is 430 g/mol. The lowest BCUT2D eigenvalue weighted by atomic mass is 9.44. The summed E-state index contributed by atoms with van der Waals surface area (Å²) in [5.41, 5.74) is -0.182. The van der Waals surface area contributed by atoms with Gasteiger partial charge in [-0.15, -0.1) is 0 Å². The molecule has 0 unspecified atom stereocenters. The zero-order valence-corrected chi connectivity index (χ0v) is 18.7. The van der Waals surface area contributed by atoms with Crippen LogP contribution in [0.5, 0.6) is 0 Å². The van der Waals surface area contributed by atoms with Crippen molar-refractivity contribution < 1.29 is 28.6 Å². The third-order valence-electron chi connectivity index (χ3n) is 7.36. The number of benzene rings is 1. The summed E-state index contributed by atoms with van der Waals surface area (Å²) in [4.78, 5) is 41.8. The van der Waals surface area contributed by atoms with Crippen LogP contribution in [0.2, 0.25) is 0 Å². The lowest BCUT2D eigenvalue weighted by Gasteiger charge is -2.63. The summed E-state index contributed by atoms with van der Waals surface area (Å²) in [7, 11) is 3.88. The first-order chi connectivity index (χ1) is 14.8. The molecule has 1 heterocycles. The van der Waals surface area contributed by atoms with E-state index in [2.05, 4.69) is 0 Å². The molecule has 7 nitrogen and oxygen atoms in total. The van der Waals surface area contributed by atoms with Crippen molar-refractivity contribution in [2.24, 2.45) is 16.7 Å². The first-order valence-electron chi connectivity index (χ1n) is 11.1. The van der Waals surface area contributed by atoms with Gasteiger partial charge in [0.05, 0.1) is 13.2 Å². The Morgan fingerprint density at radius 3 is 2.06 bits per heavy atom. The number of anilines is 1. The van der Waals surface area contributed by atoms with Gasteiger partial charge in [-0.2, -0.15) is 0 Å². The fourth-order valence-corrected chi connectivity index (χ4v) is 5.78. The zero-order valence-electron chi connectivity index (χ0n) is 18.7. The molecule has 1 aromatic carbocycles. The lowest BCUT2D eigenvalue weighted by Crippen LogP contribution is -2.70. The Morgan fingerprint density at radius 1 is 1.06 bits per heavy atom. The highest BCUT2D eigenvalue weighted by Gasteiger charge is 2.74. The molecular weight excluding hydrogens is 398 g/mol. The van der Waals surface area contributed by atoms with Crippen LogP contribution in [-0.2, 0) is 28.6 Å². The summed E-state index contributed by atoms with van der Waals surface area (Å²) in [6.07, 6.45) is 2.66. The summed E-state index contributed by atoms with van der Waals surface area (Å²) >= 11 is 0. The number of hydrogen-bond donors (Lipinski definition) is 0. The van der Waals surface area contributed by atoms with Crippen LogP contribution in [-0.4, -0.2) is 51.3 Å². The maximum absolute atomic E-state index is 13.5. The van der Waals surface area contributed by atoms with Crippen LogP contribution in [0.3, 0.4) is 0 Å². The minimum Gasteiger partial charge on any atom is -0.465 e. The summed E-state index contributed by atoms with van der Waals surface area (Å²) in [5, 5.41) is 0. The second-order valence-electron chi connectivity index (χ2n) is 9.15. The topological polar surface area (TPSA) is 82.1 Å². The maximum Gasteiger partial charge on any atom is 0.324 e. The van der Waals surface area contributed by atoms with Crippen LogP contribution in [0.15, 0.2) is 24.3 Å². The number of carbonyl (C=O) groups excluding carboxylic acids is 3. The molecule has 1 aromatic rings. The van der Waals surface area contributed by atoms with Gasteiger partial charge in [0.1, 0.15) is 12.0 Å².